The normalized spacial score (nSPS) is 17.9. The number of carbonyl (C=O) groups is 1. The van der Waals surface area contributed by atoms with Gasteiger partial charge in [-0.1, -0.05) is 12.1 Å². The molecule has 4 nitrogen and oxygen atoms in total. The summed E-state index contributed by atoms with van der Waals surface area (Å²) in [6, 6.07) is 7.83. The molecule has 0 bridgehead atoms. The third-order valence-corrected chi connectivity index (χ3v) is 4.58. The maximum Gasteiger partial charge on any atom is 0.355 e. The minimum atomic E-state index is -0.999. The first-order valence-corrected chi connectivity index (χ1v) is 7.18. The molecule has 0 fully saturated rings. The van der Waals surface area contributed by atoms with E-state index in [0.717, 1.165) is 21.4 Å². The lowest BCUT2D eigenvalue weighted by atomic mass is 10.3. The van der Waals surface area contributed by atoms with E-state index in [1.165, 1.54) is 11.3 Å². The molecule has 0 saturated carbocycles. The van der Waals surface area contributed by atoms with Crippen molar-refractivity contribution in [3.8, 4) is 5.75 Å². The molecule has 2 heterocycles. The Labute approximate surface area is 112 Å². The summed E-state index contributed by atoms with van der Waals surface area (Å²) in [6.07, 6.45) is -0.164. The lowest BCUT2D eigenvalue weighted by Crippen LogP contribution is -2.14. The van der Waals surface area contributed by atoms with Gasteiger partial charge in [0.2, 0.25) is 0 Å². The number of fused-ring (bicyclic) bond motifs is 1. The third kappa shape index (κ3) is 2.09. The molecule has 0 spiro atoms. The molecule has 6 heteroatoms. The molecular formula is C12H9NO3S2. The van der Waals surface area contributed by atoms with Crippen LogP contribution in [0.2, 0.25) is 0 Å². The van der Waals surface area contributed by atoms with Crippen LogP contribution in [0.5, 0.6) is 5.75 Å². The zero-order valence-electron chi connectivity index (χ0n) is 9.20. The average molecular weight is 279 g/mol. The monoisotopic (exact) mass is 279 g/mol. The van der Waals surface area contributed by atoms with Crippen molar-refractivity contribution in [3.05, 3.63) is 40.3 Å². The molecule has 0 amide bonds. The molecule has 2 aromatic rings. The summed E-state index contributed by atoms with van der Waals surface area (Å²) in [5.74, 6) is 0.594. The van der Waals surface area contributed by atoms with Gasteiger partial charge in [-0.3, -0.25) is 0 Å². The molecule has 0 saturated heterocycles. The number of ether oxygens (including phenoxy) is 1. The van der Waals surface area contributed by atoms with Crippen molar-refractivity contribution in [1.29, 1.82) is 0 Å². The van der Waals surface area contributed by atoms with E-state index in [0.29, 0.717) is 0 Å². The Kier molecular flexibility index (Phi) is 2.97. The number of aromatic carboxylic acids is 1. The van der Waals surface area contributed by atoms with E-state index in [1.54, 1.807) is 17.1 Å². The fraction of sp³-hybridized carbons (Fsp3) is 0.167. The van der Waals surface area contributed by atoms with Gasteiger partial charge in [0.25, 0.3) is 0 Å². The van der Waals surface area contributed by atoms with Gasteiger partial charge >= 0.3 is 5.97 Å². The molecule has 1 aromatic heterocycles. The van der Waals surface area contributed by atoms with Gasteiger partial charge in [-0.15, -0.1) is 23.1 Å². The SMILES string of the molecule is O=C(O)c1csc(C2CSc3ccccc3O2)n1. The first-order chi connectivity index (χ1) is 8.74. The molecule has 1 unspecified atom stereocenters. The highest BCUT2D eigenvalue weighted by Gasteiger charge is 2.25. The predicted octanol–water partition coefficient (Wildman–Crippen LogP) is 3.07. The average Bonchev–Trinajstić information content (AvgIpc) is 2.88. The number of thioether (sulfide) groups is 1. The van der Waals surface area contributed by atoms with Gasteiger partial charge in [0.15, 0.2) is 11.8 Å². The third-order valence-electron chi connectivity index (χ3n) is 2.53. The molecule has 0 radical (unpaired) electrons. The van der Waals surface area contributed by atoms with Crippen LogP contribution in [0.15, 0.2) is 34.5 Å². The Morgan fingerprint density at radius 3 is 3.06 bits per heavy atom. The Hall–Kier alpha value is -1.53. The molecule has 0 aliphatic carbocycles. The highest BCUT2D eigenvalue weighted by Crippen LogP contribution is 2.40. The Morgan fingerprint density at radius 2 is 2.28 bits per heavy atom. The van der Waals surface area contributed by atoms with Crippen LogP contribution in [0.4, 0.5) is 0 Å². The van der Waals surface area contributed by atoms with E-state index in [4.69, 9.17) is 9.84 Å². The van der Waals surface area contributed by atoms with Gasteiger partial charge in [0, 0.05) is 16.0 Å². The van der Waals surface area contributed by atoms with Crippen LogP contribution in [0.1, 0.15) is 21.6 Å². The number of carboxylic acids is 1. The van der Waals surface area contributed by atoms with E-state index >= 15 is 0 Å². The van der Waals surface area contributed by atoms with Crippen molar-refractivity contribution in [2.45, 2.75) is 11.0 Å². The second-order valence-corrected chi connectivity index (χ2v) is 5.69. The fourth-order valence-corrected chi connectivity index (χ4v) is 3.59. The van der Waals surface area contributed by atoms with Crippen LogP contribution in [-0.4, -0.2) is 21.8 Å². The van der Waals surface area contributed by atoms with Gasteiger partial charge in [-0.2, -0.15) is 0 Å². The maximum absolute atomic E-state index is 10.8. The largest absolute Gasteiger partial charge is 0.481 e. The molecular weight excluding hydrogens is 270 g/mol. The van der Waals surface area contributed by atoms with Crippen LogP contribution < -0.4 is 4.74 Å². The Morgan fingerprint density at radius 1 is 1.44 bits per heavy atom. The highest BCUT2D eigenvalue weighted by molar-refractivity contribution is 7.99. The van der Waals surface area contributed by atoms with E-state index in [2.05, 4.69) is 4.98 Å². The molecule has 3 rings (SSSR count). The van der Waals surface area contributed by atoms with Gasteiger partial charge < -0.3 is 9.84 Å². The van der Waals surface area contributed by atoms with Crippen molar-refractivity contribution >= 4 is 29.1 Å². The van der Waals surface area contributed by atoms with Gasteiger partial charge in [-0.05, 0) is 12.1 Å². The van der Waals surface area contributed by atoms with Crippen LogP contribution in [-0.2, 0) is 0 Å². The number of aromatic nitrogens is 1. The number of hydrogen-bond acceptors (Lipinski definition) is 5. The highest BCUT2D eigenvalue weighted by atomic mass is 32.2. The number of para-hydroxylation sites is 1. The van der Waals surface area contributed by atoms with Crippen molar-refractivity contribution < 1.29 is 14.6 Å². The summed E-state index contributed by atoms with van der Waals surface area (Å²) in [4.78, 5) is 16.0. The zero-order chi connectivity index (χ0) is 12.5. The first-order valence-electron chi connectivity index (χ1n) is 5.31. The molecule has 92 valence electrons. The van der Waals surface area contributed by atoms with Gasteiger partial charge in [0.05, 0.1) is 0 Å². The second kappa shape index (κ2) is 4.62. The smallest absolute Gasteiger partial charge is 0.355 e. The summed E-state index contributed by atoms with van der Waals surface area (Å²) < 4.78 is 5.85. The van der Waals surface area contributed by atoms with Gasteiger partial charge in [-0.25, -0.2) is 9.78 Å². The fourth-order valence-electron chi connectivity index (χ4n) is 1.67. The zero-order valence-corrected chi connectivity index (χ0v) is 10.8. The van der Waals surface area contributed by atoms with Crippen molar-refractivity contribution in [2.24, 2.45) is 0 Å². The van der Waals surface area contributed by atoms with E-state index < -0.39 is 5.97 Å². The topological polar surface area (TPSA) is 59.4 Å². The van der Waals surface area contributed by atoms with Crippen LogP contribution >= 0.6 is 23.1 Å². The summed E-state index contributed by atoms with van der Waals surface area (Å²) >= 11 is 3.03. The van der Waals surface area contributed by atoms with E-state index in [-0.39, 0.29) is 11.8 Å². The predicted molar refractivity (Wildman–Crippen MR) is 69.6 cm³/mol. The number of hydrogen-bond donors (Lipinski definition) is 1. The molecule has 1 atom stereocenters. The second-order valence-electron chi connectivity index (χ2n) is 3.74. The lowest BCUT2D eigenvalue weighted by molar-refractivity contribution is 0.0691. The number of thiazole rings is 1. The van der Waals surface area contributed by atoms with Gasteiger partial charge in [0.1, 0.15) is 10.8 Å². The van der Waals surface area contributed by atoms with E-state index in [9.17, 15) is 4.79 Å². The maximum atomic E-state index is 10.8. The Bertz CT molecular complexity index is 597. The molecule has 1 aliphatic rings. The summed E-state index contributed by atoms with van der Waals surface area (Å²) in [7, 11) is 0. The summed E-state index contributed by atoms with van der Waals surface area (Å²) in [6.45, 7) is 0. The van der Waals surface area contributed by atoms with Crippen molar-refractivity contribution in [1.82, 2.24) is 4.98 Å². The minimum Gasteiger partial charge on any atom is -0.481 e. The number of nitrogens with zero attached hydrogens (tertiary/aromatic N) is 1. The Balaban J connectivity index is 1.85. The number of benzene rings is 1. The quantitative estimate of drug-likeness (QED) is 0.915. The molecule has 1 aromatic carbocycles. The number of rotatable bonds is 2. The minimum absolute atomic E-state index is 0.0856. The number of carboxylic acid groups (broad SMARTS) is 1. The molecule has 1 aliphatic heterocycles. The first kappa shape index (κ1) is 11.6. The standard InChI is InChI=1S/C12H9NO3S2/c14-12(15)7-5-18-11(13-7)9-6-17-10-4-2-1-3-8(10)16-9/h1-5,9H,6H2,(H,14,15). The molecule has 1 N–H and O–H groups in total. The van der Waals surface area contributed by atoms with Crippen LogP contribution in [0.25, 0.3) is 0 Å². The van der Waals surface area contributed by atoms with Crippen molar-refractivity contribution in [2.75, 3.05) is 5.75 Å². The van der Waals surface area contributed by atoms with E-state index in [1.807, 2.05) is 24.3 Å². The summed E-state index contributed by atoms with van der Waals surface area (Å²) in [5.41, 5.74) is 0.0856. The van der Waals surface area contributed by atoms with Crippen LogP contribution in [0.3, 0.4) is 0 Å². The van der Waals surface area contributed by atoms with Crippen LogP contribution in [0, 0.1) is 0 Å². The summed E-state index contributed by atoms with van der Waals surface area (Å²) in [5, 5.41) is 11.1. The van der Waals surface area contributed by atoms with Crippen molar-refractivity contribution in [3.63, 3.8) is 0 Å². The lowest BCUT2D eigenvalue weighted by Gasteiger charge is -2.23. The molecule has 18 heavy (non-hydrogen) atoms.